The first-order valence-corrected chi connectivity index (χ1v) is 8.60. The molecule has 2 aromatic carbocycles. The minimum Gasteiger partial charge on any atom is -0.481 e. The van der Waals surface area contributed by atoms with Gasteiger partial charge < -0.3 is 4.74 Å². The summed E-state index contributed by atoms with van der Waals surface area (Å²) in [5.41, 5.74) is 0.959. The Balaban J connectivity index is 2.33. The Bertz CT molecular complexity index is 1000. The molecule has 0 N–H and O–H groups in total. The quantitative estimate of drug-likeness (QED) is 0.690. The Labute approximate surface area is 132 Å². The SMILES string of the molecule is COc1cc(-c2ccc(F)c3ccccc23)nc(S(C)(=O)=O)n1. The lowest BCUT2D eigenvalue weighted by atomic mass is 10.0. The molecule has 23 heavy (non-hydrogen) atoms. The highest BCUT2D eigenvalue weighted by molar-refractivity contribution is 7.90. The lowest BCUT2D eigenvalue weighted by molar-refractivity contribution is 0.391. The first-order valence-electron chi connectivity index (χ1n) is 6.71. The Morgan fingerprint density at radius 1 is 1.04 bits per heavy atom. The molecule has 0 spiro atoms. The third kappa shape index (κ3) is 2.87. The normalized spacial score (nSPS) is 11.6. The molecule has 1 heterocycles. The molecule has 0 amide bonds. The minimum absolute atomic E-state index is 0.129. The van der Waals surface area contributed by atoms with Crippen molar-refractivity contribution in [2.75, 3.05) is 13.4 Å². The third-order valence-corrected chi connectivity index (χ3v) is 4.22. The molecule has 3 rings (SSSR count). The Morgan fingerprint density at radius 3 is 2.39 bits per heavy atom. The van der Waals surface area contributed by atoms with Gasteiger partial charge in [0.1, 0.15) is 5.82 Å². The lowest BCUT2D eigenvalue weighted by Crippen LogP contribution is -2.06. The monoisotopic (exact) mass is 332 g/mol. The number of hydrogen-bond acceptors (Lipinski definition) is 5. The van der Waals surface area contributed by atoms with Gasteiger partial charge in [-0.3, -0.25) is 0 Å². The molecule has 0 aliphatic heterocycles. The molecule has 0 aliphatic rings. The molecule has 0 saturated heterocycles. The van der Waals surface area contributed by atoms with E-state index < -0.39 is 9.84 Å². The molecule has 0 saturated carbocycles. The van der Waals surface area contributed by atoms with Crippen molar-refractivity contribution in [3.05, 3.63) is 48.3 Å². The predicted molar refractivity (Wildman–Crippen MR) is 84.6 cm³/mol. The van der Waals surface area contributed by atoms with E-state index in [0.29, 0.717) is 22.0 Å². The van der Waals surface area contributed by atoms with Crippen molar-refractivity contribution in [1.82, 2.24) is 9.97 Å². The van der Waals surface area contributed by atoms with E-state index in [2.05, 4.69) is 9.97 Å². The maximum absolute atomic E-state index is 13.9. The summed E-state index contributed by atoms with van der Waals surface area (Å²) < 4.78 is 42.5. The number of aromatic nitrogens is 2. The second-order valence-electron chi connectivity index (χ2n) is 4.99. The fraction of sp³-hybridized carbons (Fsp3) is 0.125. The molecule has 0 unspecified atom stereocenters. The van der Waals surface area contributed by atoms with Crippen LogP contribution in [0.4, 0.5) is 4.39 Å². The van der Waals surface area contributed by atoms with Gasteiger partial charge in [0, 0.05) is 23.3 Å². The van der Waals surface area contributed by atoms with Crippen molar-refractivity contribution in [2.45, 2.75) is 5.16 Å². The molecule has 1 aromatic heterocycles. The molecule has 0 radical (unpaired) electrons. The van der Waals surface area contributed by atoms with Crippen LogP contribution in [0, 0.1) is 5.82 Å². The fourth-order valence-electron chi connectivity index (χ4n) is 2.30. The van der Waals surface area contributed by atoms with Crippen LogP contribution in [-0.4, -0.2) is 31.8 Å². The zero-order valence-electron chi connectivity index (χ0n) is 12.4. The van der Waals surface area contributed by atoms with E-state index >= 15 is 0 Å². The topological polar surface area (TPSA) is 69.2 Å². The van der Waals surface area contributed by atoms with Crippen LogP contribution < -0.4 is 4.74 Å². The minimum atomic E-state index is -3.60. The van der Waals surface area contributed by atoms with E-state index in [0.717, 1.165) is 6.26 Å². The van der Waals surface area contributed by atoms with Crippen LogP contribution in [0.1, 0.15) is 0 Å². The number of halogens is 1. The van der Waals surface area contributed by atoms with Gasteiger partial charge in [-0.25, -0.2) is 17.8 Å². The van der Waals surface area contributed by atoms with Gasteiger partial charge in [-0.1, -0.05) is 24.3 Å². The fourth-order valence-corrected chi connectivity index (χ4v) is 2.82. The van der Waals surface area contributed by atoms with Crippen molar-refractivity contribution in [3.63, 3.8) is 0 Å². The van der Waals surface area contributed by atoms with Gasteiger partial charge in [0.15, 0.2) is 0 Å². The van der Waals surface area contributed by atoms with E-state index in [4.69, 9.17) is 4.74 Å². The zero-order chi connectivity index (χ0) is 16.6. The number of rotatable bonds is 3. The predicted octanol–water partition coefficient (Wildman–Crippen LogP) is 2.85. The summed E-state index contributed by atoms with van der Waals surface area (Å²) in [5, 5.41) is 0.733. The van der Waals surface area contributed by atoms with Crippen LogP contribution in [0.5, 0.6) is 5.88 Å². The Kier molecular flexibility index (Phi) is 3.73. The second kappa shape index (κ2) is 5.58. The number of nitrogens with zero attached hydrogens (tertiary/aromatic N) is 2. The molecule has 0 bridgehead atoms. The van der Waals surface area contributed by atoms with Crippen molar-refractivity contribution in [1.29, 1.82) is 0 Å². The number of methoxy groups -OCH3 is 1. The van der Waals surface area contributed by atoms with Crippen LogP contribution in [-0.2, 0) is 9.84 Å². The van der Waals surface area contributed by atoms with Gasteiger partial charge in [-0.05, 0) is 17.5 Å². The molecule has 5 nitrogen and oxygen atoms in total. The summed E-state index contributed by atoms with van der Waals surface area (Å²) in [6, 6.07) is 11.3. The summed E-state index contributed by atoms with van der Waals surface area (Å²) in [4.78, 5) is 7.95. The van der Waals surface area contributed by atoms with E-state index in [1.54, 1.807) is 30.3 Å². The van der Waals surface area contributed by atoms with Crippen molar-refractivity contribution in [3.8, 4) is 17.1 Å². The van der Waals surface area contributed by atoms with Crippen LogP contribution >= 0.6 is 0 Å². The van der Waals surface area contributed by atoms with Crippen molar-refractivity contribution < 1.29 is 17.5 Å². The largest absolute Gasteiger partial charge is 0.481 e. The van der Waals surface area contributed by atoms with Crippen molar-refractivity contribution >= 4 is 20.6 Å². The molecular formula is C16H13FN2O3S. The van der Waals surface area contributed by atoms with Crippen LogP contribution in [0.15, 0.2) is 47.6 Å². The summed E-state index contributed by atoms with van der Waals surface area (Å²) in [5.74, 6) is -0.225. The smallest absolute Gasteiger partial charge is 0.250 e. The molecule has 0 atom stereocenters. The number of sulfone groups is 1. The lowest BCUT2D eigenvalue weighted by Gasteiger charge is -2.09. The van der Waals surface area contributed by atoms with E-state index in [9.17, 15) is 12.8 Å². The molecule has 118 valence electrons. The zero-order valence-corrected chi connectivity index (χ0v) is 13.3. The highest BCUT2D eigenvalue weighted by atomic mass is 32.2. The van der Waals surface area contributed by atoms with E-state index in [1.807, 2.05) is 0 Å². The maximum Gasteiger partial charge on any atom is 0.250 e. The summed E-state index contributed by atoms with van der Waals surface area (Å²) in [7, 11) is -2.21. The molecular weight excluding hydrogens is 319 g/mol. The van der Waals surface area contributed by atoms with Gasteiger partial charge in [0.25, 0.3) is 5.16 Å². The Hall–Kier alpha value is -2.54. The summed E-state index contributed by atoms with van der Waals surface area (Å²) >= 11 is 0. The van der Waals surface area contributed by atoms with Gasteiger partial charge in [0.2, 0.25) is 15.7 Å². The van der Waals surface area contributed by atoms with Gasteiger partial charge >= 0.3 is 0 Å². The molecule has 0 aliphatic carbocycles. The Morgan fingerprint density at radius 2 is 1.74 bits per heavy atom. The van der Waals surface area contributed by atoms with Gasteiger partial charge in [-0.2, -0.15) is 4.98 Å². The van der Waals surface area contributed by atoms with Crippen molar-refractivity contribution in [2.24, 2.45) is 0 Å². The first-order chi connectivity index (χ1) is 10.9. The van der Waals surface area contributed by atoms with Crippen LogP contribution in [0.3, 0.4) is 0 Å². The number of benzene rings is 2. The third-order valence-electron chi connectivity index (χ3n) is 3.37. The van der Waals surface area contributed by atoms with Gasteiger partial charge in [0.05, 0.1) is 12.8 Å². The van der Waals surface area contributed by atoms with E-state index in [1.165, 1.54) is 19.2 Å². The molecule has 7 heteroatoms. The average molecular weight is 332 g/mol. The second-order valence-corrected chi connectivity index (χ2v) is 6.90. The number of hydrogen-bond donors (Lipinski definition) is 0. The summed E-state index contributed by atoms with van der Waals surface area (Å²) in [6.45, 7) is 0. The first kappa shape index (κ1) is 15.4. The standard InChI is InChI=1S/C16H13FN2O3S/c1-22-15-9-14(18-16(19-15)23(2,20)21)12-7-8-13(17)11-6-4-3-5-10(11)12/h3-9H,1-2H3. The van der Waals surface area contributed by atoms with E-state index in [-0.39, 0.29) is 16.9 Å². The number of ether oxygens (including phenoxy) is 1. The van der Waals surface area contributed by atoms with Gasteiger partial charge in [-0.15, -0.1) is 0 Å². The highest BCUT2D eigenvalue weighted by Crippen LogP contribution is 2.31. The van der Waals surface area contributed by atoms with Crippen LogP contribution in [0.25, 0.3) is 22.0 Å². The number of fused-ring (bicyclic) bond motifs is 1. The van der Waals surface area contributed by atoms with Crippen LogP contribution in [0.2, 0.25) is 0 Å². The molecule has 0 fully saturated rings. The average Bonchev–Trinajstić information content (AvgIpc) is 2.54. The maximum atomic E-state index is 13.9. The molecule has 3 aromatic rings. The highest BCUT2D eigenvalue weighted by Gasteiger charge is 2.17. The summed E-state index contributed by atoms with van der Waals surface area (Å²) in [6.07, 6.45) is 1.02.